The minimum atomic E-state index is 0.419. The van der Waals surface area contributed by atoms with Crippen LogP contribution in [0.5, 0.6) is 5.75 Å². The summed E-state index contributed by atoms with van der Waals surface area (Å²) in [6, 6.07) is 7.52. The van der Waals surface area contributed by atoms with Gasteiger partial charge in [-0.1, -0.05) is 23.8 Å². The molecular formula is C15H11BrClNO. The zero-order valence-corrected chi connectivity index (χ0v) is 12.4. The average molecular weight is 337 g/mol. The van der Waals surface area contributed by atoms with Crippen molar-refractivity contribution >= 4 is 27.5 Å². The van der Waals surface area contributed by atoms with Gasteiger partial charge in [0.25, 0.3) is 0 Å². The normalized spacial score (nSPS) is 14.2. The summed E-state index contributed by atoms with van der Waals surface area (Å²) < 4.78 is 6.61. The van der Waals surface area contributed by atoms with Gasteiger partial charge in [0.2, 0.25) is 0 Å². The second kappa shape index (κ2) is 6.60. The van der Waals surface area contributed by atoms with E-state index in [0.717, 1.165) is 22.2 Å². The number of nitrogens with zero attached hydrogens (tertiary/aromatic N) is 1. The molecule has 0 spiro atoms. The van der Waals surface area contributed by atoms with Crippen molar-refractivity contribution in [1.29, 1.82) is 5.26 Å². The molecule has 0 amide bonds. The molecule has 0 fully saturated rings. The quantitative estimate of drug-likeness (QED) is 0.763. The number of hydrogen-bond acceptors (Lipinski definition) is 2. The predicted octanol–water partition coefficient (Wildman–Crippen LogP) is 5.17. The molecule has 0 heterocycles. The number of nitriles is 1. The minimum Gasteiger partial charge on any atom is -0.457 e. The summed E-state index contributed by atoms with van der Waals surface area (Å²) in [5, 5.41) is 9.34. The van der Waals surface area contributed by atoms with Gasteiger partial charge in [0.1, 0.15) is 11.5 Å². The second-order valence-electron chi connectivity index (χ2n) is 3.97. The molecule has 0 N–H and O–H groups in total. The molecule has 19 heavy (non-hydrogen) atoms. The fourth-order valence-corrected chi connectivity index (χ4v) is 2.40. The molecule has 0 saturated heterocycles. The van der Waals surface area contributed by atoms with E-state index in [4.69, 9.17) is 21.6 Å². The molecule has 0 saturated carbocycles. The van der Waals surface area contributed by atoms with Gasteiger partial charge in [-0.3, -0.25) is 0 Å². The van der Waals surface area contributed by atoms with Crippen molar-refractivity contribution in [2.24, 2.45) is 0 Å². The van der Waals surface area contributed by atoms with Crippen molar-refractivity contribution in [2.45, 2.75) is 12.8 Å². The van der Waals surface area contributed by atoms with Crippen LogP contribution in [0, 0.1) is 11.3 Å². The first-order valence-electron chi connectivity index (χ1n) is 5.76. The summed E-state index contributed by atoms with van der Waals surface area (Å²) in [6.07, 6.45) is 8.95. The molecule has 1 aromatic rings. The third-order valence-corrected chi connectivity index (χ3v) is 3.42. The van der Waals surface area contributed by atoms with Crippen molar-refractivity contribution in [3.05, 3.63) is 63.3 Å². The Hall–Kier alpha value is -1.50. The number of rotatable bonds is 3. The van der Waals surface area contributed by atoms with E-state index in [1.165, 1.54) is 0 Å². The monoisotopic (exact) mass is 335 g/mol. The van der Waals surface area contributed by atoms with Crippen molar-refractivity contribution in [3.8, 4) is 11.8 Å². The van der Waals surface area contributed by atoms with Crippen LogP contribution in [0.15, 0.2) is 58.3 Å². The van der Waals surface area contributed by atoms with Gasteiger partial charge in [-0.15, -0.1) is 0 Å². The minimum absolute atomic E-state index is 0.419. The lowest BCUT2D eigenvalue weighted by Crippen LogP contribution is -1.92. The van der Waals surface area contributed by atoms with Gasteiger partial charge in [-0.25, -0.2) is 0 Å². The maximum atomic E-state index is 8.68. The SMILES string of the molecule is N#CCC1=CCC=C(Oc2ccc(Cl)cc2Br)C=C1. The van der Waals surface area contributed by atoms with Gasteiger partial charge in [0, 0.05) is 5.02 Å². The summed E-state index contributed by atoms with van der Waals surface area (Å²) in [5.41, 5.74) is 1.01. The number of allylic oxidation sites excluding steroid dienone is 5. The lowest BCUT2D eigenvalue weighted by atomic mass is 10.2. The van der Waals surface area contributed by atoms with Crippen molar-refractivity contribution in [3.63, 3.8) is 0 Å². The summed E-state index contributed by atoms with van der Waals surface area (Å²) in [5.74, 6) is 1.47. The number of ether oxygens (including phenoxy) is 1. The standard InChI is InChI=1S/C15H11BrClNO/c16-14-10-12(17)5-7-15(14)19-13-3-1-2-11(4-6-13)8-9-18/h2-7,10H,1,8H2. The Morgan fingerprint density at radius 3 is 2.89 bits per heavy atom. The average Bonchev–Trinajstić information content (AvgIpc) is 2.59. The Labute approximate surface area is 125 Å². The van der Waals surface area contributed by atoms with Gasteiger partial charge >= 0.3 is 0 Å². The van der Waals surface area contributed by atoms with Crippen LogP contribution in [0.1, 0.15) is 12.8 Å². The summed E-state index contributed by atoms with van der Waals surface area (Å²) in [7, 11) is 0. The third-order valence-electron chi connectivity index (χ3n) is 2.57. The van der Waals surface area contributed by atoms with Crippen molar-refractivity contribution < 1.29 is 4.74 Å². The van der Waals surface area contributed by atoms with Crippen molar-refractivity contribution in [1.82, 2.24) is 0 Å². The summed E-state index contributed by atoms with van der Waals surface area (Å²) in [6.45, 7) is 0. The highest BCUT2D eigenvalue weighted by molar-refractivity contribution is 9.10. The van der Waals surface area contributed by atoms with Gasteiger partial charge in [-0.2, -0.15) is 5.26 Å². The Kier molecular flexibility index (Phi) is 4.84. The largest absolute Gasteiger partial charge is 0.457 e. The number of halogens is 2. The van der Waals surface area contributed by atoms with E-state index in [9.17, 15) is 0 Å². The van der Waals surface area contributed by atoms with Gasteiger partial charge in [0.05, 0.1) is 17.0 Å². The first kappa shape index (κ1) is 13.9. The zero-order chi connectivity index (χ0) is 13.7. The molecule has 2 nitrogen and oxygen atoms in total. The smallest absolute Gasteiger partial charge is 0.141 e. The van der Waals surface area contributed by atoms with Gasteiger partial charge in [-0.05, 0) is 58.3 Å². The number of hydrogen-bond donors (Lipinski definition) is 0. The molecule has 0 unspecified atom stereocenters. The molecule has 4 heteroatoms. The molecule has 1 aliphatic carbocycles. The zero-order valence-electron chi connectivity index (χ0n) is 10.1. The molecule has 0 aliphatic heterocycles. The van der Waals surface area contributed by atoms with E-state index in [1.807, 2.05) is 30.4 Å². The Morgan fingerprint density at radius 2 is 2.16 bits per heavy atom. The summed E-state index contributed by atoms with van der Waals surface area (Å²) >= 11 is 9.30. The van der Waals surface area contributed by atoms with E-state index < -0.39 is 0 Å². The van der Waals surface area contributed by atoms with Crippen LogP contribution in [-0.2, 0) is 0 Å². The van der Waals surface area contributed by atoms with Crippen LogP contribution in [0.3, 0.4) is 0 Å². The number of benzene rings is 1. The van der Waals surface area contributed by atoms with Crippen LogP contribution in [0.2, 0.25) is 5.02 Å². The fraction of sp³-hybridized carbons (Fsp3) is 0.133. The van der Waals surface area contributed by atoms with Crippen LogP contribution in [0.25, 0.3) is 0 Å². The molecular weight excluding hydrogens is 326 g/mol. The lowest BCUT2D eigenvalue weighted by molar-refractivity contribution is 0.440. The molecule has 0 radical (unpaired) electrons. The molecule has 0 atom stereocenters. The Balaban J connectivity index is 2.11. The molecule has 1 aliphatic rings. The second-order valence-corrected chi connectivity index (χ2v) is 5.26. The molecule has 0 bridgehead atoms. The van der Waals surface area contributed by atoms with Crippen LogP contribution < -0.4 is 4.74 Å². The van der Waals surface area contributed by atoms with E-state index in [2.05, 4.69) is 22.0 Å². The molecule has 96 valence electrons. The van der Waals surface area contributed by atoms with E-state index >= 15 is 0 Å². The van der Waals surface area contributed by atoms with E-state index in [0.29, 0.717) is 17.2 Å². The maximum Gasteiger partial charge on any atom is 0.141 e. The topological polar surface area (TPSA) is 33.0 Å². The highest BCUT2D eigenvalue weighted by atomic mass is 79.9. The lowest BCUT2D eigenvalue weighted by Gasteiger charge is -2.08. The Morgan fingerprint density at radius 1 is 1.32 bits per heavy atom. The molecule has 0 aromatic heterocycles. The molecule has 2 rings (SSSR count). The first-order valence-corrected chi connectivity index (χ1v) is 6.93. The van der Waals surface area contributed by atoms with E-state index in [1.54, 1.807) is 12.1 Å². The van der Waals surface area contributed by atoms with E-state index in [-0.39, 0.29) is 0 Å². The summed E-state index contributed by atoms with van der Waals surface area (Å²) in [4.78, 5) is 0. The molecule has 1 aromatic carbocycles. The van der Waals surface area contributed by atoms with Gasteiger partial charge in [0.15, 0.2) is 0 Å². The Bertz CT molecular complexity index is 611. The highest BCUT2D eigenvalue weighted by Crippen LogP contribution is 2.30. The third kappa shape index (κ3) is 3.99. The van der Waals surface area contributed by atoms with Crippen LogP contribution in [-0.4, -0.2) is 0 Å². The fourth-order valence-electron chi connectivity index (χ4n) is 1.63. The predicted molar refractivity (Wildman–Crippen MR) is 79.9 cm³/mol. The maximum absolute atomic E-state index is 8.68. The highest BCUT2D eigenvalue weighted by Gasteiger charge is 2.05. The van der Waals surface area contributed by atoms with Crippen LogP contribution in [0.4, 0.5) is 0 Å². The first-order chi connectivity index (χ1) is 9.19. The van der Waals surface area contributed by atoms with Gasteiger partial charge < -0.3 is 4.74 Å². The van der Waals surface area contributed by atoms with Crippen LogP contribution >= 0.6 is 27.5 Å². The van der Waals surface area contributed by atoms with Crippen molar-refractivity contribution in [2.75, 3.05) is 0 Å².